The first-order chi connectivity index (χ1) is 11.2. The van der Waals surface area contributed by atoms with Crippen LogP contribution in [0.5, 0.6) is 11.5 Å². The van der Waals surface area contributed by atoms with Crippen LogP contribution in [0.25, 0.3) is 6.08 Å². The van der Waals surface area contributed by atoms with Crippen LogP contribution in [0.2, 0.25) is 0 Å². The summed E-state index contributed by atoms with van der Waals surface area (Å²) in [6.07, 6.45) is 4.68. The van der Waals surface area contributed by atoms with Gasteiger partial charge in [0.25, 0.3) is 5.89 Å². The first-order valence-electron chi connectivity index (χ1n) is 7.58. The van der Waals surface area contributed by atoms with Gasteiger partial charge in [0.15, 0.2) is 23.9 Å². The Morgan fingerprint density at radius 2 is 2.12 bits per heavy atom. The maximum atomic E-state index is 5.73. The van der Waals surface area contributed by atoms with E-state index in [4.69, 9.17) is 14.0 Å². The fourth-order valence-corrected chi connectivity index (χ4v) is 2.05. The van der Waals surface area contributed by atoms with E-state index in [2.05, 4.69) is 22.4 Å². The van der Waals surface area contributed by atoms with Gasteiger partial charge in [-0.3, -0.25) is 0 Å². The summed E-state index contributed by atoms with van der Waals surface area (Å²) in [7, 11) is 3.52. The van der Waals surface area contributed by atoms with Crippen molar-refractivity contribution in [1.82, 2.24) is 15.5 Å². The molecule has 0 aliphatic heterocycles. The third-order valence-corrected chi connectivity index (χ3v) is 3.39. The normalized spacial score (nSPS) is 12.0. The monoisotopic (exact) mass is 353 g/mol. The van der Waals surface area contributed by atoms with E-state index >= 15 is 0 Å². The number of nitrogens with one attached hydrogen (secondary N) is 1. The number of ether oxygens (including phenoxy) is 2. The first kappa shape index (κ1) is 20.0. The lowest BCUT2D eigenvalue weighted by atomic mass is 10.2. The average molecular weight is 354 g/mol. The van der Waals surface area contributed by atoms with E-state index in [9.17, 15) is 0 Å². The highest BCUT2D eigenvalue weighted by Crippen LogP contribution is 2.29. The Hall–Kier alpha value is -2.05. The molecule has 1 aromatic carbocycles. The minimum absolute atomic E-state index is 0. The molecular weight excluding hydrogens is 330 g/mol. The van der Waals surface area contributed by atoms with Gasteiger partial charge in [0.1, 0.15) is 0 Å². The smallest absolute Gasteiger partial charge is 0.264 e. The topological polar surface area (TPSA) is 69.4 Å². The number of allylic oxidation sites excluding steroid dienone is 1. The van der Waals surface area contributed by atoms with Crippen LogP contribution in [0.15, 0.2) is 28.8 Å². The van der Waals surface area contributed by atoms with Crippen LogP contribution in [0.3, 0.4) is 0 Å². The van der Waals surface area contributed by atoms with E-state index in [0.29, 0.717) is 35.7 Å². The molecule has 0 spiro atoms. The van der Waals surface area contributed by atoms with Gasteiger partial charge in [-0.05, 0) is 38.6 Å². The number of hydrogen-bond donors (Lipinski definition) is 1. The predicted octanol–water partition coefficient (Wildman–Crippen LogP) is 3.26. The van der Waals surface area contributed by atoms with E-state index in [-0.39, 0.29) is 19.0 Å². The fourth-order valence-electron chi connectivity index (χ4n) is 2.05. The van der Waals surface area contributed by atoms with Gasteiger partial charge < -0.3 is 19.3 Å². The molecule has 0 aliphatic carbocycles. The molecule has 0 aliphatic rings. The van der Waals surface area contributed by atoms with Crippen LogP contribution >= 0.6 is 12.4 Å². The second kappa shape index (κ2) is 9.95. The number of rotatable bonds is 8. The Morgan fingerprint density at radius 3 is 2.79 bits per heavy atom. The summed E-state index contributed by atoms with van der Waals surface area (Å²) in [6, 6.07) is 6.05. The summed E-state index contributed by atoms with van der Waals surface area (Å²) in [6.45, 7) is 4.24. The first-order valence-corrected chi connectivity index (χ1v) is 7.58. The summed E-state index contributed by atoms with van der Waals surface area (Å²) in [5, 5.41) is 7.09. The number of hydrogen-bond acceptors (Lipinski definition) is 6. The molecule has 132 valence electrons. The zero-order valence-corrected chi connectivity index (χ0v) is 15.2. The van der Waals surface area contributed by atoms with Crippen molar-refractivity contribution in [1.29, 1.82) is 0 Å². The predicted molar refractivity (Wildman–Crippen MR) is 95.8 cm³/mol. The third kappa shape index (κ3) is 5.54. The molecule has 1 N–H and O–H groups in total. The van der Waals surface area contributed by atoms with Crippen LogP contribution in [0.4, 0.5) is 0 Å². The zero-order valence-electron chi connectivity index (χ0n) is 14.4. The van der Waals surface area contributed by atoms with Crippen LogP contribution in [0.1, 0.15) is 31.1 Å². The summed E-state index contributed by atoms with van der Waals surface area (Å²) in [5.74, 6) is 2.43. The quantitative estimate of drug-likeness (QED) is 0.785. The van der Waals surface area contributed by atoms with E-state index in [0.717, 1.165) is 5.56 Å². The van der Waals surface area contributed by atoms with Crippen molar-refractivity contribution in [3.8, 4) is 11.5 Å². The van der Waals surface area contributed by atoms with Gasteiger partial charge in [-0.15, -0.1) is 12.4 Å². The van der Waals surface area contributed by atoms with Gasteiger partial charge in [0.05, 0.1) is 7.11 Å². The molecule has 7 heteroatoms. The summed E-state index contributed by atoms with van der Waals surface area (Å²) < 4.78 is 16.3. The molecule has 2 rings (SSSR count). The van der Waals surface area contributed by atoms with Crippen molar-refractivity contribution in [2.75, 3.05) is 14.2 Å². The molecule has 1 aromatic heterocycles. The lowest BCUT2D eigenvalue weighted by Crippen LogP contribution is -2.24. The molecule has 2 aromatic rings. The third-order valence-electron chi connectivity index (χ3n) is 3.39. The molecule has 0 fully saturated rings. The summed E-state index contributed by atoms with van der Waals surface area (Å²) in [5.41, 5.74) is 1.05. The standard InChI is InChI=1S/C17H23N3O3.ClH/c1-5-6-13-7-8-14(15(10-13)21-4)22-11-17-19-16(20-23-17)9-12(2)18-3;/h5-8,10,12,18H,9,11H2,1-4H3;1H/b6-5+;. The number of likely N-dealkylation sites (N-methyl/N-ethyl adjacent to an activating group) is 1. The molecule has 0 amide bonds. The van der Waals surface area contributed by atoms with Crippen molar-refractivity contribution in [2.45, 2.75) is 32.9 Å². The molecule has 1 unspecified atom stereocenters. The number of benzene rings is 1. The second-order valence-corrected chi connectivity index (χ2v) is 5.20. The Labute approximate surface area is 148 Å². The molecule has 1 atom stereocenters. The fraction of sp³-hybridized carbons (Fsp3) is 0.412. The number of halogens is 1. The maximum Gasteiger partial charge on any atom is 0.264 e. The van der Waals surface area contributed by atoms with Crippen molar-refractivity contribution in [2.24, 2.45) is 0 Å². The van der Waals surface area contributed by atoms with Gasteiger partial charge in [0, 0.05) is 12.5 Å². The van der Waals surface area contributed by atoms with Crippen molar-refractivity contribution >= 4 is 18.5 Å². The molecule has 0 saturated carbocycles. The molecular formula is C17H24ClN3O3. The minimum atomic E-state index is 0. The molecule has 0 saturated heterocycles. The number of methoxy groups -OCH3 is 1. The highest BCUT2D eigenvalue weighted by Gasteiger charge is 2.11. The summed E-state index contributed by atoms with van der Waals surface area (Å²) in [4.78, 5) is 4.32. The zero-order chi connectivity index (χ0) is 16.7. The van der Waals surface area contributed by atoms with E-state index in [1.165, 1.54) is 0 Å². The van der Waals surface area contributed by atoms with E-state index < -0.39 is 0 Å². The Balaban J connectivity index is 0.00000288. The SMILES string of the molecule is C/C=C/c1ccc(OCc2nc(CC(C)NC)no2)c(OC)c1.Cl. The van der Waals surface area contributed by atoms with Gasteiger partial charge in [-0.2, -0.15) is 4.98 Å². The second-order valence-electron chi connectivity index (χ2n) is 5.20. The molecule has 24 heavy (non-hydrogen) atoms. The van der Waals surface area contributed by atoms with Crippen LogP contribution in [-0.4, -0.2) is 30.3 Å². The molecule has 0 bridgehead atoms. The molecule has 0 radical (unpaired) electrons. The highest BCUT2D eigenvalue weighted by atomic mass is 35.5. The van der Waals surface area contributed by atoms with Gasteiger partial charge in [-0.1, -0.05) is 23.4 Å². The van der Waals surface area contributed by atoms with Gasteiger partial charge >= 0.3 is 0 Å². The average Bonchev–Trinajstić information content (AvgIpc) is 3.01. The van der Waals surface area contributed by atoms with Crippen LogP contribution in [0, 0.1) is 0 Å². The largest absolute Gasteiger partial charge is 0.493 e. The van der Waals surface area contributed by atoms with Crippen molar-refractivity contribution in [3.63, 3.8) is 0 Å². The Kier molecular flexibility index (Phi) is 8.29. The Bertz CT molecular complexity index is 658. The summed E-state index contributed by atoms with van der Waals surface area (Å²) >= 11 is 0. The van der Waals surface area contributed by atoms with E-state index in [1.807, 2.05) is 44.3 Å². The van der Waals surface area contributed by atoms with Crippen LogP contribution < -0.4 is 14.8 Å². The van der Waals surface area contributed by atoms with Gasteiger partial charge in [0.2, 0.25) is 0 Å². The maximum absolute atomic E-state index is 5.73. The lowest BCUT2D eigenvalue weighted by molar-refractivity contribution is 0.233. The Morgan fingerprint density at radius 1 is 1.33 bits per heavy atom. The highest BCUT2D eigenvalue weighted by molar-refractivity contribution is 5.85. The number of nitrogens with zero attached hydrogens (tertiary/aromatic N) is 2. The molecule has 1 heterocycles. The lowest BCUT2D eigenvalue weighted by Gasteiger charge is -2.09. The molecule has 6 nitrogen and oxygen atoms in total. The van der Waals surface area contributed by atoms with E-state index in [1.54, 1.807) is 7.11 Å². The number of aromatic nitrogens is 2. The van der Waals surface area contributed by atoms with Gasteiger partial charge in [-0.25, -0.2) is 0 Å². The van der Waals surface area contributed by atoms with Crippen molar-refractivity contribution in [3.05, 3.63) is 41.6 Å². The van der Waals surface area contributed by atoms with Crippen LogP contribution in [-0.2, 0) is 13.0 Å². The van der Waals surface area contributed by atoms with Crippen molar-refractivity contribution < 1.29 is 14.0 Å². The minimum Gasteiger partial charge on any atom is -0.493 e.